The zero-order chi connectivity index (χ0) is 14.0. The predicted octanol–water partition coefficient (Wildman–Crippen LogP) is 5.37. The molecule has 1 N–H and O–H groups in total. The van der Waals surface area contributed by atoms with Crippen molar-refractivity contribution in [2.75, 3.05) is 5.32 Å². The number of aromatic nitrogens is 2. The highest BCUT2D eigenvalue weighted by Crippen LogP contribution is 2.30. The summed E-state index contributed by atoms with van der Waals surface area (Å²) in [5.41, 5.74) is 0.924. The lowest BCUT2D eigenvalue weighted by atomic mass is 10.1. The summed E-state index contributed by atoms with van der Waals surface area (Å²) in [5, 5.41) is 4.60. The number of anilines is 1. The van der Waals surface area contributed by atoms with Crippen LogP contribution < -0.4 is 5.32 Å². The van der Waals surface area contributed by atoms with E-state index in [9.17, 15) is 0 Å². The Kier molecular flexibility index (Phi) is 4.90. The number of nitrogens with one attached hydrogen (secondary N) is 1. The van der Waals surface area contributed by atoms with Gasteiger partial charge in [-0.3, -0.25) is 0 Å². The molecule has 1 aromatic carbocycles. The van der Waals surface area contributed by atoms with E-state index in [-0.39, 0.29) is 11.3 Å². The molecule has 1 atom stereocenters. The first-order valence-corrected chi connectivity index (χ1v) is 7.29. The SMILES string of the molecule is CC(Nc1nc(Cl)ncc1Br)c1ccc(Cl)cc1Cl. The van der Waals surface area contributed by atoms with Crippen molar-refractivity contribution < 1.29 is 0 Å². The van der Waals surface area contributed by atoms with Crippen molar-refractivity contribution in [3.05, 3.63) is 49.8 Å². The highest BCUT2D eigenvalue weighted by molar-refractivity contribution is 9.10. The van der Waals surface area contributed by atoms with Gasteiger partial charge < -0.3 is 5.32 Å². The molecule has 0 aliphatic heterocycles. The topological polar surface area (TPSA) is 37.8 Å². The highest BCUT2D eigenvalue weighted by Gasteiger charge is 2.13. The molecular formula is C12H9BrCl3N3. The van der Waals surface area contributed by atoms with Crippen LogP contribution in [-0.4, -0.2) is 9.97 Å². The van der Waals surface area contributed by atoms with Gasteiger partial charge in [0.1, 0.15) is 5.82 Å². The fraction of sp³-hybridized carbons (Fsp3) is 0.167. The van der Waals surface area contributed by atoms with Crippen molar-refractivity contribution in [3.8, 4) is 0 Å². The zero-order valence-corrected chi connectivity index (χ0v) is 13.6. The highest BCUT2D eigenvalue weighted by atomic mass is 79.9. The number of nitrogens with zero attached hydrogens (tertiary/aromatic N) is 2. The van der Waals surface area contributed by atoms with E-state index in [4.69, 9.17) is 34.8 Å². The van der Waals surface area contributed by atoms with E-state index in [0.717, 1.165) is 10.0 Å². The van der Waals surface area contributed by atoms with Gasteiger partial charge in [-0.1, -0.05) is 29.3 Å². The van der Waals surface area contributed by atoms with E-state index >= 15 is 0 Å². The second-order valence-electron chi connectivity index (χ2n) is 3.87. The fourth-order valence-corrected chi connectivity index (χ4v) is 2.59. The Bertz CT molecular complexity index is 607. The van der Waals surface area contributed by atoms with Crippen LogP contribution in [-0.2, 0) is 0 Å². The average molecular weight is 381 g/mol. The smallest absolute Gasteiger partial charge is 0.224 e. The van der Waals surface area contributed by atoms with Crippen LogP contribution in [0.15, 0.2) is 28.9 Å². The van der Waals surface area contributed by atoms with Gasteiger partial charge in [-0.25, -0.2) is 4.98 Å². The minimum Gasteiger partial charge on any atom is -0.362 e. The van der Waals surface area contributed by atoms with E-state index in [2.05, 4.69) is 31.2 Å². The summed E-state index contributed by atoms with van der Waals surface area (Å²) < 4.78 is 0.730. The van der Waals surface area contributed by atoms with Gasteiger partial charge in [-0.2, -0.15) is 4.98 Å². The largest absolute Gasteiger partial charge is 0.362 e. The van der Waals surface area contributed by atoms with Crippen LogP contribution >= 0.6 is 50.7 Å². The van der Waals surface area contributed by atoms with Crippen LogP contribution in [0.3, 0.4) is 0 Å². The van der Waals surface area contributed by atoms with Crippen molar-refractivity contribution in [1.29, 1.82) is 0 Å². The molecule has 0 saturated heterocycles. The number of hydrogen-bond acceptors (Lipinski definition) is 3. The standard InChI is InChI=1S/C12H9BrCl3N3/c1-6(8-3-2-7(14)4-10(8)15)18-11-9(13)5-17-12(16)19-11/h2-6H,1H3,(H,17,18,19). The molecule has 0 aliphatic carbocycles. The molecule has 3 nitrogen and oxygen atoms in total. The van der Waals surface area contributed by atoms with Gasteiger partial charge in [0, 0.05) is 16.2 Å². The minimum absolute atomic E-state index is 0.0490. The van der Waals surface area contributed by atoms with E-state index in [1.807, 2.05) is 13.0 Å². The Hall–Kier alpha value is -0.550. The normalized spacial score (nSPS) is 12.3. The maximum absolute atomic E-state index is 6.17. The van der Waals surface area contributed by atoms with E-state index in [0.29, 0.717) is 15.9 Å². The van der Waals surface area contributed by atoms with Crippen LogP contribution in [0.2, 0.25) is 15.3 Å². The quantitative estimate of drug-likeness (QED) is 0.726. The molecule has 2 rings (SSSR count). The first kappa shape index (κ1) is 14.9. The predicted molar refractivity (Wildman–Crippen MR) is 83.2 cm³/mol. The molecule has 100 valence electrons. The van der Waals surface area contributed by atoms with Gasteiger partial charge in [0.15, 0.2) is 0 Å². The molecule has 0 fully saturated rings. The molecule has 2 aromatic rings. The summed E-state index contributed by atoms with van der Waals surface area (Å²) in [6.07, 6.45) is 1.59. The van der Waals surface area contributed by atoms with Gasteiger partial charge in [-0.05, 0) is 52.2 Å². The van der Waals surface area contributed by atoms with Crippen molar-refractivity contribution in [2.45, 2.75) is 13.0 Å². The molecule has 7 heteroatoms. The number of halogens is 4. The third kappa shape index (κ3) is 3.72. The van der Waals surface area contributed by atoms with E-state index in [1.165, 1.54) is 0 Å². The summed E-state index contributed by atoms with van der Waals surface area (Å²) in [6, 6.07) is 5.33. The monoisotopic (exact) mass is 379 g/mol. The van der Waals surface area contributed by atoms with E-state index in [1.54, 1.807) is 18.3 Å². The van der Waals surface area contributed by atoms with Crippen LogP contribution in [0.4, 0.5) is 5.82 Å². The average Bonchev–Trinajstić information content (AvgIpc) is 2.33. The molecule has 0 saturated carbocycles. The Morgan fingerprint density at radius 2 is 2.00 bits per heavy atom. The number of benzene rings is 1. The second kappa shape index (κ2) is 6.27. The molecule has 0 radical (unpaired) electrons. The Morgan fingerprint density at radius 1 is 1.26 bits per heavy atom. The molecule has 1 aromatic heterocycles. The molecule has 0 aliphatic rings. The van der Waals surface area contributed by atoms with Crippen LogP contribution in [0.1, 0.15) is 18.5 Å². The lowest BCUT2D eigenvalue weighted by Crippen LogP contribution is -2.09. The Labute approximate surface area is 134 Å². The van der Waals surface area contributed by atoms with Crippen molar-refractivity contribution in [3.63, 3.8) is 0 Å². The summed E-state index contributed by atoms with van der Waals surface area (Å²) in [5.74, 6) is 0.610. The molecule has 19 heavy (non-hydrogen) atoms. The third-order valence-corrected chi connectivity index (χ3v) is 3.82. The molecule has 0 spiro atoms. The van der Waals surface area contributed by atoms with Gasteiger partial charge >= 0.3 is 0 Å². The summed E-state index contributed by atoms with van der Waals surface area (Å²) in [7, 11) is 0. The van der Waals surface area contributed by atoms with Crippen LogP contribution in [0.5, 0.6) is 0 Å². The van der Waals surface area contributed by atoms with Crippen molar-refractivity contribution in [1.82, 2.24) is 9.97 Å². The van der Waals surface area contributed by atoms with E-state index < -0.39 is 0 Å². The second-order valence-corrected chi connectivity index (χ2v) is 5.90. The molecule has 0 bridgehead atoms. The van der Waals surface area contributed by atoms with Crippen LogP contribution in [0.25, 0.3) is 0 Å². The molecular weight excluding hydrogens is 372 g/mol. The maximum atomic E-state index is 6.17. The lowest BCUT2D eigenvalue weighted by molar-refractivity contribution is 0.870. The zero-order valence-electron chi connectivity index (χ0n) is 9.79. The van der Waals surface area contributed by atoms with Gasteiger partial charge in [-0.15, -0.1) is 0 Å². The van der Waals surface area contributed by atoms with Gasteiger partial charge in [0.25, 0.3) is 0 Å². The molecule has 0 amide bonds. The molecule has 1 heterocycles. The first-order chi connectivity index (χ1) is 8.97. The summed E-state index contributed by atoms with van der Waals surface area (Å²) in [4.78, 5) is 7.99. The van der Waals surface area contributed by atoms with Gasteiger partial charge in [0.05, 0.1) is 10.5 Å². The number of rotatable bonds is 3. The van der Waals surface area contributed by atoms with Crippen molar-refractivity contribution in [2.24, 2.45) is 0 Å². The molecule has 1 unspecified atom stereocenters. The minimum atomic E-state index is -0.0490. The number of hydrogen-bond donors (Lipinski definition) is 1. The summed E-state index contributed by atoms with van der Waals surface area (Å²) in [6.45, 7) is 1.97. The Morgan fingerprint density at radius 3 is 2.68 bits per heavy atom. The fourth-order valence-electron chi connectivity index (χ4n) is 1.58. The van der Waals surface area contributed by atoms with Crippen molar-refractivity contribution >= 4 is 56.6 Å². The Balaban J connectivity index is 2.25. The third-order valence-electron chi connectivity index (χ3n) is 2.50. The lowest BCUT2D eigenvalue weighted by Gasteiger charge is -2.17. The summed E-state index contributed by atoms with van der Waals surface area (Å²) >= 11 is 21.2. The maximum Gasteiger partial charge on any atom is 0.224 e. The first-order valence-electron chi connectivity index (χ1n) is 5.37. The van der Waals surface area contributed by atoms with Crippen LogP contribution in [0, 0.1) is 0 Å². The van der Waals surface area contributed by atoms with Gasteiger partial charge in [0.2, 0.25) is 5.28 Å².